The maximum Gasteiger partial charge on any atom is 0.341 e. The minimum atomic E-state index is -0.556. The van der Waals surface area contributed by atoms with Crippen LogP contribution in [0.2, 0.25) is 5.02 Å². The number of nitrogens with zero attached hydrogens (tertiary/aromatic N) is 2. The highest BCUT2D eigenvalue weighted by atomic mass is 35.5. The van der Waals surface area contributed by atoms with E-state index in [0.29, 0.717) is 12.1 Å². The second-order valence-electron chi connectivity index (χ2n) is 2.99. The summed E-state index contributed by atoms with van der Waals surface area (Å²) in [5.74, 6) is -0.556. The molecule has 0 atom stereocenters. The average Bonchev–Trinajstić information content (AvgIpc) is 2.28. The maximum absolute atomic E-state index is 11.5. The Balaban J connectivity index is 3.25. The Kier molecular flexibility index (Phi) is 4.27. The van der Waals surface area contributed by atoms with Gasteiger partial charge in [-0.25, -0.2) is 4.79 Å². The van der Waals surface area contributed by atoms with E-state index in [9.17, 15) is 4.79 Å². The van der Waals surface area contributed by atoms with Crippen molar-refractivity contribution in [2.75, 3.05) is 6.61 Å². The van der Waals surface area contributed by atoms with Gasteiger partial charge in [0.25, 0.3) is 0 Å². The molecule has 84 valence electrons. The molecule has 0 unspecified atom stereocenters. The molecule has 4 nitrogen and oxygen atoms in total. The van der Waals surface area contributed by atoms with Crippen LogP contribution in [0, 0.1) is 11.3 Å². The van der Waals surface area contributed by atoms with Crippen LogP contribution in [0.5, 0.6) is 0 Å². The van der Waals surface area contributed by atoms with Gasteiger partial charge in [-0.1, -0.05) is 18.5 Å². The molecule has 16 heavy (non-hydrogen) atoms. The fourth-order valence-corrected chi connectivity index (χ4v) is 1.54. The Labute approximate surface area is 98.8 Å². The standard InChI is InChI=1S/C11H11ClN2O2/c1-3-9-7(5-13)10(12)8(6-14-9)11(15)16-4-2/h6H,3-4H2,1-2H3. The van der Waals surface area contributed by atoms with Crippen molar-refractivity contribution in [3.8, 4) is 6.07 Å². The number of carbonyl (C=O) groups is 1. The molecule has 0 fully saturated rings. The number of esters is 1. The van der Waals surface area contributed by atoms with Crippen LogP contribution in [-0.2, 0) is 11.2 Å². The van der Waals surface area contributed by atoms with Crippen LogP contribution in [0.1, 0.15) is 35.5 Å². The lowest BCUT2D eigenvalue weighted by atomic mass is 10.1. The van der Waals surface area contributed by atoms with Crippen molar-refractivity contribution in [1.29, 1.82) is 5.26 Å². The molecule has 5 heteroatoms. The number of ether oxygens (including phenoxy) is 1. The second kappa shape index (κ2) is 5.47. The normalized spacial score (nSPS) is 9.62. The summed E-state index contributed by atoms with van der Waals surface area (Å²) in [4.78, 5) is 15.5. The van der Waals surface area contributed by atoms with E-state index in [2.05, 4.69) is 4.98 Å². The van der Waals surface area contributed by atoms with Gasteiger partial charge in [0.05, 0.1) is 28.5 Å². The Morgan fingerprint density at radius 2 is 2.31 bits per heavy atom. The van der Waals surface area contributed by atoms with Crippen LogP contribution in [0.25, 0.3) is 0 Å². The summed E-state index contributed by atoms with van der Waals surface area (Å²) in [7, 11) is 0. The maximum atomic E-state index is 11.5. The Bertz CT molecular complexity index is 452. The molecule has 0 amide bonds. The van der Waals surface area contributed by atoms with Crippen molar-refractivity contribution in [2.45, 2.75) is 20.3 Å². The molecule has 0 radical (unpaired) electrons. The first-order valence-electron chi connectivity index (χ1n) is 4.90. The zero-order valence-corrected chi connectivity index (χ0v) is 9.84. The molecule has 1 aromatic rings. The van der Waals surface area contributed by atoms with E-state index in [4.69, 9.17) is 21.6 Å². The quantitative estimate of drug-likeness (QED) is 0.759. The zero-order chi connectivity index (χ0) is 12.1. The molecule has 1 rings (SSSR count). The van der Waals surface area contributed by atoms with Crippen molar-refractivity contribution in [1.82, 2.24) is 4.98 Å². The molecule has 1 heterocycles. The lowest BCUT2D eigenvalue weighted by Crippen LogP contribution is -2.08. The van der Waals surface area contributed by atoms with Crippen LogP contribution >= 0.6 is 11.6 Å². The van der Waals surface area contributed by atoms with Gasteiger partial charge in [-0.15, -0.1) is 0 Å². The molecule has 0 spiro atoms. The molecule has 0 aliphatic rings. The van der Waals surface area contributed by atoms with Gasteiger partial charge in [-0.05, 0) is 13.3 Å². The summed E-state index contributed by atoms with van der Waals surface area (Å²) in [5.41, 5.74) is 0.965. The van der Waals surface area contributed by atoms with Crippen molar-refractivity contribution in [3.05, 3.63) is 28.0 Å². The highest BCUT2D eigenvalue weighted by Crippen LogP contribution is 2.23. The van der Waals surface area contributed by atoms with Crippen molar-refractivity contribution in [3.63, 3.8) is 0 Å². The smallest absolute Gasteiger partial charge is 0.341 e. The minimum absolute atomic E-state index is 0.118. The number of halogens is 1. The average molecular weight is 239 g/mol. The third kappa shape index (κ3) is 2.31. The predicted molar refractivity (Wildman–Crippen MR) is 59.3 cm³/mol. The van der Waals surface area contributed by atoms with Crippen LogP contribution in [0.3, 0.4) is 0 Å². The third-order valence-electron chi connectivity index (χ3n) is 2.04. The number of hydrogen-bond donors (Lipinski definition) is 0. The van der Waals surface area contributed by atoms with Gasteiger partial charge >= 0.3 is 5.97 Å². The van der Waals surface area contributed by atoms with E-state index >= 15 is 0 Å². The number of aromatic nitrogens is 1. The lowest BCUT2D eigenvalue weighted by molar-refractivity contribution is 0.0526. The van der Waals surface area contributed by atoms with Gasteiger partial charge in [-0.3, -0.25) is 4.98 Å². The molecule has 0 saturated heterocycles. The van der Waals surface area contributed by atoms with Crippen molar-refractivity contribution in [2.24, 2.45) is 0 Å². The number of nitriles is 1. The number of carbonyl (C=O) groups excluding carboxylic acids is 1. The van der Waals surface area contributed by atoms with Gasteiger partial charge in [0, 0.05) is 6.20 Å². The molecule has 0 aliphatic carbocycles. The van der Waals surface area contributed by atoms with Gasteiger partial charge in [0.2, 0.25) is 0 Å². The van der Waals surface area contributed by atoms with E-state index in [1.807, 2.05) is 13.0 Å². The second-order valence-corrected chi connectivity index (χ2v) is 3.37. The Morgan fingerprint density at radius 3 is 2.81 bits per heavy atom. The first kappa shape index (κ1) is 12.5. The van der Waals surface area contributed by atoms with E-state index in [1.54, 1.807) is 6.92 Å². The molecule has 0 aliphatic heterocycles. The molecule has 1 aromatic heterocycles. The van der Waals surface area contributed by atoms with Gasteiger partial charge < -0.3 is 4.74 Å². The molecular weight excluding hydrogens is 228 g/mol. The highest BCUT2D eigenvalue weighted by molar-refractivity contribution is 6.34. The molecule has 0 aromatic carbocycles. The van der Waals surface area contributed by atoms with E-state index in [0.717, 1.165) is 0 Å². The van der Waals surface area contributed by atoms with E-state index < -0.39 is 5.97 Å². The SMILES string of the molecule is CCOC(=O)c1cnc(CC)c(C#N)c1Cl. The van der Waals surface area contributed by atoms with Crippen molar-refractivity contribution < 1.29 is 9.53 Å². The Hall–Kier alpha value is -1.60. The summed E-state index contributed by atoms with van der Waals surface area (Å²) in [6.07, 6.45) is 1.94. The first-order valence-corrected chi connectivity index (χ1v) is 5.28. The lowest BCUT2D eigenvalue weighted by Gasteiger charge is -2.07. The monoisotopic (exact) mass is 238 g/mol. The number of aryl methyl sites for hydroxylation is 1. The fraction of sp³-hybridized carbons (Fsp3) is 0.364. The largest absolute Gasteiger partial charge is 0.462 e. The predicted octanol–water partition coefficient (Wildman–Crippen LogP) is 2.35. The third-order valence-corrected chi connectivity index (χ3v) is 2.43. The number of rotatable bonds is 3. The summed E-state index contributed by atoms with van der Waals surface area (Å²) in [6.45, 7) is 3.82. The van der Waals surface area contributed by atoms with Gasteiger partial charge in [0.1, 0.15) is 6.07 Å². The topological polar surface area (TPSA) is 63.0 Å². The van der Waals surface area contributed by atoms with Gasteiger partial charge in [-0.2, -0.15) is 5.26 Å². The van der Waals surface area contributed by atoms with Crippen LogP contribution in [-0.4, -0.2) is 17.6 Å². The molecule has 0 saturated carbocycles. The number of hydrogen-bond acceptors (Lipinski definition) is 4. The summed E-state index contributed by atoms with van der Waals surface area (Å²) >= 11 is 5.96. The Morgan fingerprint density at radius 1 is 1.62 bits per heavy atom. The first-order chi connectivity index (χ1) is 7.65. The van der Waals surface area contributed by atoms with Gasteiger partial charge in [0.15, 0.2) is 0 Å². The summed E-state index contributed by atoms with van der Waals surface area (Å²) in [6, 6.07) is 1.95. The molecular formula is C11H11ClN2O2. The van der Waals surface area contributed by atoms with Crippen LogP contribution < -0.4 is 0 Å². The van der Waals surface area contributed by atoms with E-state index in [1.165, 1.54) is 6.20 Å². The molecule has 0 bridgehead atoms. The molecule has 0 N–H and O–H groups in total. The summed E-state index contributed by atoms with van der Waals surface area (Å²) in [5, 5.41) is 9.06. The number of pyridine rings is 1. The zero-order valence-electron chi connectivity index (χ0n) is 9.08. The highest BCUT2D eigenvalue weighted by Gasteiger charge is 2.17. The minimum Gasteiger partial charge on any atom is -0.462 e. The van der Waals surface area contributed by atoms with Crippen molar-refractivity contribution >= 4 is 17.6 Å². The van der Waals surface area contributed by atoms with Crippen LogP contribution in [0.15, 0.2) is 6.20 Å². The van der Waals surface area contributed by atoms with Crippen LogP contribution in [0.4, 0.5) is 0 Å². The fourth-order valence-electron chi connectivity index (χ4n) is 1.26. The van der Waals surface area contributed by atoms with E-state index in [-0.39, 0.29) is 22.8 Å². The summed E-state index contributed by atoms with van der Waals surface area (Å²) < 4.78 is 4.81.